The van der Waals surface area contributed by atoms with Gasteiger partial charge in [-0.15, -0.1) is 0 Å². The maximum Gasteiger partial charge on any atom is 0.248 e. The molecule has 1 aromatic rings. The van der Waals surface area contributed by atoms with Crippen LogP contribution in [0.4, 0.5) is 5.69 Å². The highest BCUT2D eigenvalue weighted by Gasteiger charge is 2.13. The molecule has 0 radical (unpaired) electrons. The standard InChI is InChI=1S/C13H19N3O2/c1-2-3-7-11(14)13(18)16-10-6-4-5-9(8-10)12(15)17/h4-6,8,11H,2-3,7,14H2,1H3,(H2,15,17)(H,16,18)/t11-/m0/s1. The van der Waals surface area contributed by atoms with E-state index < -0.39 is 11.9 Å². The highest BCUT2D eigenvalue weighted by Crippen LogP contribution is 2.11. The van der Waals surface area contributed by atoms with E-state index >= 15 is 0 Å². The van der Waals surface area contributed by atoms with E-state index in [-0.39, 0.29) is 5.91 Å². The molecule has 0 heterocycles. The van der Waals surface area contributed by atoms with E-state index in [2.05, 4.69) is 5.32 Å². The van der Waals surface area contributed by atoms with E-state index in [1.807, 2.05) is 6.92 Å². The van der Waals surface area contributed by atoms with Crippen molar-refractivity contribution in [2.45, 2.75) is 32.2 Å². The lowest BCUT2D eigenvalue weighted by Gasteiger charge is -2.12. The number of nitrogens with one attached hydrogen (secondary N) is 1. The van der Waals surface area contributed by atoms with Gasteiger partial charge in [0.05, 0.1) is 6.04 Å². The number of rotatable bonds is 6. The Bertz CT molecular complexity index is 432. The van der Waals surface area contributed by atoms with Crippen LogP contribution in [0.5, 0.6) is 0 Å². The first kappa shape index (κ1) is 14.2. The molecule has 0 saturated heterocycles. The number of amides is 2. The van der Waals surface area contributed by atoms with Gasteiger partial charge in [0, 0.05) is 11.3 Å². The zero-order valence-electron chi connectivity index (χ0n) is 10.5. The van der Waals surface area contributed by atoms with Gasteiger partial charge in [-0.3, -0.25) is 9.59 Å². The van der Waals surface area contributed by atoms with Crippen LogP contribution in [0.1, 0.15) is 36.5 Å². The summed E-state index contributed by atoms with van der Waals surface area (Å²) in [6, 6.07) is 5.95. The summed E-state index contributed by atoms with van der Waals surface area (Å²) in [5.74, 6) is -0.772. The minimum Gasteiger partial charge on any atom is -0.366 e. The molecule has 5 nitrogen and oxygen atoms in total. The molecule has 0 fully saturated rings. The molecule has 5 N–H and O–H groups in total. The molecule has 2 amide bonds. The molecule has 0 aromatic heterocycles. The summed E-state index contributed by atoms with van der Waals surface area (Å²) >= 11 is 0. The summed E-state index contributed by atoms with van der Waals surface area (Å²) in [6.45, 7) is 2.04. The highest BCUT2D eigenvalue weighted by atomic mass is 16.2. The van der Waals surface area contributed by atoms with Crippen molar-refractivity contribution in [1.82, 2.24) is 0 Å². The maximum absolute atomic E-state index is 11.7. The van der Waals surface area contributed by atoms with E-state index in [1.165, 1.54) is 6.07 Å². The lowest BCUT2D eigenvalue weighted by atomic mass is 10.1. The summed E-state index contributed by atoms with van der Waals surface area (Å²) < 4.78 is 0. The van der Waals surface area contributed by atoms with Crippen LogP contribution in [0, 0.1) is 0 Å². The Balaban J connectivity index is 2.64. The van der Waals surface area contributed by atoms with Crippen LogP contribution in [0.15, 0.2) is 24.3 Å². The van der Waals surface area contributed by atoms with Crippen LogP contribution in [-0.2, 0) is 4.79 Å². The zero-order chi connectivity index (χ0) is 13.5. The van der Waals surface area contributed by atoms with E-state index in [1.54, 1.807) is 18.2 Å². The summed E-state index contributed by atoms with van der Waals surface area (Å²) in [5, 5.41) is 2.67. The number of hydrogen-bond acceptors (Lipinski definition) is 3. The molecule has 1 aromatic carbocycles. The lowest BCUT2D eigenvalue weighted by Crippen LogP contribution is -2.35. The summed E-state index contributed by atoms with van der Waals surface area (Å²) in [5.41, 5.74) is 11.8. The van der Waals surface area contributed by atoms with Gasteiger partial charge in [-0.05, 0) is 24.6 Å². The Morgan fingerprint density at radius 1 is 1.39 bits per heavy atom. The van der Waals surface area contributed by atoms with Crippen molar-refractivity contribution in [2.24, 2.45) is 11.5 Å². The first-order chi connectivity index (χ1) is 8.54. The van der Waals surface area contributed by atoms with E-state index in [9.17, 15) is 9.59 Å². The molecule has 1 rings (SSSR count). The quantitative estimate of drug-likeness (QED) is 0.707. The molecule has 0 saturated carbocycles. The Kier molecular flexibility index (Phi) is 5.32. The number of carbonyl (C=O) groups is 2. The van der Waals surface area contributed by atoms with Gasteiger partial charge in [-0.2, -0.15) is 0 Å². The first-order valence-corrected chi connectivity index (χ1v) is 6.01. The lowest BCUT2D eigenvalue weighted by molar-refractivity contribution is -0.117. The molecule has 0 aliphatic heterocycles. The monoisotopic (exact) mass is 249 g/mol. The van der Waals surface area contributed by atoms with Crippen molar-refractivity contribution in [2.75, 3.05) is 5.32 Å². The number of unbranched alkanes of at least 4 members (excludes halogenated alkanes) is 1. The summed E-state index contributed by atoms with van der Waals surface area (Å²) in [4.78, 5) is 22.7. The topological polar surface area (TPSA) is 98.2 Å². The maximum atomic E-state index is 11.7. The largest absolute Gasteiger partial charge is 0.366 e. The average molecular weight is 249 g/mol. The van der Waals surface area contributed by atoms with Crippen molar-refractivity contribution in [1.29, 1.82) is 0 Å². The van der Waals surface area contributed by atoms with Crippen LogP contribution in [-0.4, -0.2) is 17.9 Å². The first-order valence-electron chi connectivity index (χ1n) is 6.01. The van der Waals surface area contributed by atoms with E-state index in [0.717, 1.165) is 12.8 Å². The molecule has 5 heteroatoms. The third-order valence-corrected chi connectivity index (χ3v) is 2.62. The fourth-order valence-electron chi connectivity index (χ4n) is 1.54. The molecule has 0 aliphatic rings. The van der Waals surface area contributed by atoms with Crippen LogP contribution >= 0.6 is 0 Å². The van der Waals surface area contributed by atoms with E-state index in [0.29, 0.717) is 17.7 Å². The van der Waals surface area contributed by atoms with Crippen LogP contribution < -0.4 is 16.8 Å². The fraction of sp³-hybridized carbons (Fsp3) is 0.385. The third-order valence-electron chi connectivity index (χ3n) is 2.62. The van der Waals surface area contributed by atoms with Gasteiger partial charge in [0.1, 0.15) is 0 Å². The number of primary amides is 1. The van der Waals surface area contributed by atoms with Gasteiger partial charge in [0.15, 0.2) is 0 Å². The predicted molar refractivity (Wildman–Crippen MR) is 71.1 cm³/mol. The molecule has 1 atom stereocenters. The second-order valence-electron chi connectivity index (χ2n) is 4.18. The van der Waals surface area contributed by atoms with Gasteiger partial charge in [0.25, 0.3) is 0 Å². The second kappa shape index (κ2) is 6.76. The van der Waals surface area contributed by atoms with Crippen molar-refractivity contribution in [3.63, 3.8) is 0 Å². The van der Waals surface area contributed by atoms with Crippen LogP contribution in [0.25, 0.3) is 0 Å². The Hall–Kier alpha value is -1.88. The van der Waals surface area contributed by atoms with Crippen molar-refractivity contribution < 1.29 is 9.59 Å². The average Bonchev–Trinajstić information content (AvgIpc) is 2.36. The van der Waals surface area contributed by atoms with Crippen molar-refractivity contribution >= 4 is 17.5 Å². The minimum atomic E-state index is -0.526. The number of carbonyl (C=O) groups excluding carboxylic acids is 2. The predicted octanol–water partition coefficient (Wildman–Crippen LogP) is 1.24. The molecule has 18 heavy (non-hydrogen) atoms. The van der Waals surface area contributed by atoms with Gasteiger partial charge in [-0.1, -0.05) is 25.8 Å². The number of nitrogens with two attached hydrogens (primary N) is 2. The molecule has 0 unspecified atom stereocenters. The minimum absolute atomic E-state index is 0.245. The number of benzene rings is 1. The van der Waals surface area contributed by atoms with Crippen LogP contribution in [0.2, 0.25) is 0 Å². The Morgan fingerprint density at radius 2 is 2.11 bits per heavy atom. The van der Waals surface area contributed by atoms with Gasteiger partial charge >= 0.3 is 0 Å². The van der Waals surface area contributed by atoms with Crippen molar-refractivity contribution in [3.05, 3.63) is 29.8 Å². The number of hydrogen-bond donors (Lipinski definition) is 3. The van der Waals surface area contributed by atoms with Crippen molar-refractivity contribution in [3.8, 4) is 0 Å². The van der Waals surface area contributed by atoms with E-state index in [4.69, 9.17) is 11.5 Å². The second-order valence-corrected chi connectivity index (χ2v) is 4.18. The molecular formula is C13H19N3O2. The normalized spacial score (nSPS) is 11.9. The number of anilines is 1. The Labute approximate surface area is 107 Å². The fourth-order valence-corrected chi connectivity index (χ4v) is 1.54. The van der Waals surface area contributed by atoms with Gasteiger partial charge in [0.2, 0.25) is 11.8 Å². The summed E-state index contributed by atoms with van der Waals surface area (Å²) in [7, 11) is 0. The van der Waals surface area contributed by atoms with Gasteiger partial charge in [-0.25, -0.2) is 0 Å². The smallest absolute Gasteiger partial charge is 0.248 e. The third kappa shape index (κ3) is 4.18. The zero-order valence-corrected chi connectivity index (χ0v) is 10.5. The molecule has 98 valence electrons. The van der Waals surface area contributed by atoms with Gasteiger partial charge < -0.3 is 16.8 Å². The summed E-state index contributed by atoms with van der Waals surface area (Å²) in [6.07, 6.45) is 2.56. The SMILES string of the molecule is CCCC[C@H](N)C(=O)Nc1cccc(C(N)=O)c1. The molecule has 0 spiro atoms. The van der Waals surface area contributed by atoms with Crippen LogP contribution in [0.3, 0.4) is 0 Å². The highest BCUT2D eigenvalue weighted by molar-refractivity contribution is 5.97. The molecule has 0 aliphatic carbocycles. The molecule has 0 bridgehead atoms. The molecular weight excluding hydrogens is 230 g/mol. The Morgan fingerprint density at radius 3 is 2.72 bits per heavy atom.